The van der Waals surface area contributed by atoms with Crippen LogP contribution in [0.4, 0.5) is 0 Å². The lowest BCUT2D eigenvalue weighted by molar-refractivity contribution is -0.142. The molecule has 0 bridgehead atoms. The Labute approximate surface area is 236 Å². The van der Waals surface area contributed by atoms with Crippen molar-refractivity contribution in [1.82, 2.24) is 16.0 Å². The Balaban J connectivity index is 2.18. The van der Waals surface area contributed by atoms with Crippen molar-refractivity contribution in [3.05, 3.63) is 71.8 Å². The molecule has 0 heterocycles. The molecular formula is C30H43N5O5. The predicted molar refractivity (Wildman–Crippen MR) is 154 cm³/mol. The first-order valence-electron chi connectivity index (χ1n) is 13.8. The molecular weight excluding hydrogens is 510 g/mol. The Morgan fingerprint density at radius 3 is 1.75 bits per heavy atom. The molecule has 0 radical (unpaired) electrons. The number of aliphatic carboxylic acids is 1. The highest BCUT2D eigenvalue weighted by molar-refractivity contribution is 5.94. The van der Waals surface area contributed by atoms with E-state index in [-0.39, 0.29) is 25.2 Å². The Morgan fingerprint density at radius 1 is 0.725 bits per heavy atom. The van der Waals surface area contributed by atoms with Gasteiger partial charge < -0.3 is 32.5 Å². The molecule has 2 aromatic rings. The minimum atomic E-state index is -1.15. The molecule has 3 amide bonds. The van der Waals surface area contributed by atoms with E-state index in [9.17, 15) is 24.3 Å². The maximum atomic E-state index is 13.5. The molecule has 0 aliphatic rings. The lowest BCUT2D eigenvalue weighted by Gasteiger charge is -2.26. The zero-order valence-electron chi connectivity index (χ0n) is 23.3. The van der Waals surface area contributed by atoms with Gasteiger partial charge in [-0.25, -0.2) is 4.79 Å². The number of carbonyl (C=O) groups is 4. The molecule has 0 aliphatic carbocycles. The SMILES string of the molecule is CC(C)C[C@H](NC(=O)[C@@H](Cc1ccccc1)NC(=O)[C@H](N)Cc1ccccc1)C(=O)N[C@H](CCCCN)C(=O)O. The molecule has 4 atom stereocenters. The molecule has 0 unspecified atom stereocenters. The van der Waals surface area contributed by atoms with E-state index in [0.717, 1.165) is 11.1 Å². The summed E-state index contributed by atoms with van der Waals surface area (Å²) in [6, 6.07) is 14.6. The number of carboxylic acid groups (broad SMARTS) is 1. The van der Waals surface area contributed by atoms with Crippen LogP contribution < -0.4 is 27.4 Å². The first-order chi connectivity index (χ1) is 19.1. The van der Waals surface area contributed by atoms with Gasteiger partial charge in [-0.15, -0.1) is 0 Å². The molecule has 8 N–H and O–H groups in total. The molecule has 10 nitrogen and oxygen atoms in total. The lowest BCUT2D eigenvalue weighted by atomic mass is 10.00. The van der Waals surface area contributed by atoms with E-state index in [1.807, 2.05) is 74.5 Å². The van der Waals surface area contributed by atoms with Crippen LogP contribution in [0.15, 0.2) is 60.7 Å². The van der Waals surface area contributed by atoms with Crippen LogP contribution in [0, 0.1) is 5.92 Å². The number of benzene rings is 2. The molecule has 0 saturated carbocycles. The standard InChI is InChI=1S/C30H43N5O5/c1-20(2)17-25(28(37)33-24(30(39)40)15-9-10-16-31)35-29(38)26(19-22-13-7-4-8-14-22)34-27(36)23(32)18-21-11-5-3-6-12-21/h3-8,11-14,20,23-26H,9-10,15-19,31-32H2,1-2H3,(H,33,37)(H,34,36)(H,35,38)(H,39,40)/t23-,24-,25+,26-/m1/s1. The Hall–Kier alpha value is -3.76. The van der Waals surface area contributed by atoms with Crippen LogP contribution in [0.1, 0.15) is 50.7 Å². The average molecular weight is 554 g/mol. The maximum Gasteiger partial charge on any atom is 0.326 e. The monoisotopic (exact) mass is 553 g/mol. The van der Waals surface area contributed by atoms with Gasteiger partial charge in [0.2, 0.25) is 17.7 Å². The number of carbonyl (C=O) groups excluding carboxylic acids is 3. The molecule has 0 aliphatic heterocycles. The van der Waals surface area contributed by atoms with Crippen LogP contribution in [0.5, 0.6) is 0 Å². The van der Waals surface area contributed by atoms with Crippen molar-refractivity contribution in [2.45, 2.75) is 76.5 Å². The number of hydrogen-bond donors (Lipinski definition) is 6. The summed E-state index contributed by atoms with van der Waals surface area (Å²) in [6.07, 6.45) is 2.18. The predicted octanol–water partition coefficient (Wildman–Crippen LogP) is 1.51. The van der Waals surface area contributed by atoms with Gasteiger partial charge in [0.05, 0.1) is 6.04 Å². The smallest absolute Gasteiger partial charge is 0.326 e. The van der Waals surface area contributed by atoms with Crippen LogP contribution in [0.25, 0.3) is 0 Å². The van der Waals surface area contributed by atoms with Gasteiger partial charge in [-0.05, 0) is 55.7 Å². The summed E-state index contributed by atoms with van der Waals surface area (Å²) >= 11 is 0. The Morgan fingerprint density at radius 2 is 1.23 bits per heavy atom. The van der Waals surface area contributed by atoms with Crippen molar-refractivity contribution in [3.8, 4) is 0 Å². The molecule has 0 fully saturated rings. The average Bonchev–Trinajstić information content (AvgIpc) is 2.92. The van der Waals surface area contributed by atoms with Gasteiger partial charge in [-0.1, -0.05) is 74.5 Å². The first-order valence-corrected chi connectivity index (χ1v) is 13.8. The number of unbranched alkanes of at least 4 members (excludes halogenated alkanes) is 1. The Bertz CT molecular complexity index is 1080. The van der Waals surface area contributed by atoms with E-state index in [1.54, 1.807) is 0 Å². The van der Waals surface area contributed by atoms with E-state index in [1.165, 1.54) is 0 Å². The zero-order chi connectivity index (χ0) is 29.5. The van der Waals surface area contributed by atoms with Gasteiger partial charge >= 0.3 is 5.97 Å². The minimum absolute atomic E-state index is 0.0260. The third-order valence-electron chi connectivity index (χ3n) is 6.45. The van der Waals surface area contributed by atoms with Gasteiger partial charge in [0.25, 0.3) is 0 Å². The highest BCUT2D eigenvalue weighted by Gasteiger charge is 2.31. The number of nitrogens with one attached hydrogen (secondary N) is 3. The van der Waals surface area contributed by atoms with Crippen molar-refractivity contribution < 1.29 is 24.3 Å². The number of rotatable bonds is 17. The van der Waals surface area contributed by atoms with E-state index < -0.39 is 47.9 Å². The second kappa shape index (κ2) is 17.0. The number of carboxylic acids is 1. The molecule has 0 saturated heterocycles. The van der Waals surface area contributed by atoms with Gasteiger partial charge in [0.15, 0.2) is 0 Å². The molecule has 40 heavy (non-hydrogen) atoms. The van der Waals surface area contributed by atoms with Gasteiger partial charge in [0.1, 0.15) is 18.1 Å². The van der Waals surface area contributed by atoms with Crippen molar-refractivity contribution in [2.24, 2.45) is 17.4 Å². The van der Waals surface area contributed by atoms with Crippen molar-refractivity contribution in [1.29, 1.82) is 0 Å². The third-order valence-corrected chi connectivity index (χ3v) is 6.45. The summed E-state index contributed by atoms with van der Waals surface area (Å²) in [6.45, 7) is 4.22. The molecule has 2 aromatic carbocycles. The maximum absolute atomic E-state index is 13.5. The van der Waals surface area contributed by atoms with Crippen molar-refractivity contribution in [3.63, 3.8) is 0 Å². The zero-order valence-corrected chi connectivity index (χ0v) is 23.3. The quantitative estimate of drug-likeness (QED) is 0.161. The summed E-state index contributed by atoms with van der Waals surface area (Å²) < 4.78 is 0. The summed E-state index contributed by atoms with van der Waals surface area (Å²) in [5.74, 6) is -2.76. The van der Waals surface area contributed by atoms with Crippen LogP contribution in [-0.2, 0) is 32.0 Å². The highest BCUT2D eigenvalue weighted by atomic mass is 16.4. The minimum Gasteiger partial charge on any atom is -0.480 e. The summed E-state index contributed by atoms with van der Waals surface area (Å²) in [5, 5.41) is 17.7. The van der Waals surface area contributed by atoms with Crippen LogP contribution in [-0.4, -0.2) is 59.5 Å². The molecule has 2 rings (SSSR count). The normalized spacial score (nSPS) is 14.0. The summed E-state index contributed by atoms with van der Waals surface area (Å²) in [5.41, 5.74) is 13.4. The van der Waals surface area contributed by atoms with E-state index in [0.29, 0.717) is 25.8 Å². The Kier molecular flexibility index (Phi) is 13.8. The first kappa shape index (κ1) is 32.5. The largest absolute Gasteiger partial charge is 0.480 e. The fourth-order valence-corrected chi connectivity index (χ4v) is 4.30. The molecule has 10 heteroatoms. The van der Waals surface area contributed by atoms with Crippen LogP contribution in [0.3, 0.4) is 0 Å². The van der Waals surface area contributed by atoms with Gasteiger partial charge in [0, 0.05) is 6.42 Å². The lowest BCUT2D eigenvalue weighted by Crippen LogP contribution is -2.58. The van der Waals surface area contributed by atoms with E-state index >= 15 is 0 Å². The van der Waals surface area contributed by atoms with Crippen LogP contribution >= 0.6 is 0 Å². The van der Waals surface area contributed by atoms with Gasteiger partial charge in [-0.3, -0.25) is 14.4 Å². The van der Waals surface area contributed by atoms with Crippen molar-refractivity contribution in [2.75, 3.05) is 6.54 Å². The summed E-state index contributed by atoms with van der Waals surface area (Å²) in [7, 11) is 0. The topological polar surface area (TPSA) is 177 Å². The fraction of sp³-hybridized carbons (Fsp3) is 0.467. The van der Waals surface area contributed by atoms with Crippen LogP contribution in [0.2, 0.25) is 0 Å². The van der Waals surface area contributed by atoms with Crippen molar-refractivity contribution >= 4 is 23.7 Å². The highest BCUT2D eigenvalue weighted by Crippen LogP contribution is 2.10. The number of hydrogen-bond acceptors (Lipinski definition) is 6. The van der Waals surface area contributed by atoms with E-state index in [2.05, 4.69) is 16.0 Å². The van der Waals surface area contributed by atoms with E-state index in [4.69, 9.17) is 11.5 Å². The molecule has 0 spiro atoms. The third kappa shape index (κ3) is 11.5. The molecule has 218 valence electrons. The fourth-order valence-electron chi connectivity index (χ4n) is 4.30. The second-order valence-electron chi connectivity index (χ2n) is 10.4. The second-order valence-corrected chi connectivity index (χ2v) is 10.4. The number of nitrogens with two attached hydrogens (primary N) is 2. The van der Waals surface area contributed by atoms with Gasteiger partial charge in [-0.2, -0.15) is 0 Å². The summed E-state index contributed by atoms with van der Waals surface area (Å²) in [4.78, 5) is 51.4. The molecule has 0 aromatic heterocycles. The number of amides is 3.